The number of nitrogens with zero attached hydrogens (tertiary/aromatic N) is 2. The summed E-state index contributed by atoms with van der Waals surface area (Å²) in [6.07, 6.45) is -9.01. The number of carbonyl (C=O) groups excluding carboxylic acids is 1. The van der Waals surface area contributed by atoms with Gasteiger partial charge in [0.1, 0.15) is 0 Å². The molecule has 9 heteroatoms. The molecule has 0 saturated heterocycles. The molecule has 0 aliphatic rings. The fourth-order valence-electron chi connectivity index (χ4n) is 1.32. The fourth-order valence-corrected chi connectivity index (χ4v) is 1.32. The maximum atomic E-state index is 12.6. The van der Waals surface area contributed by atoms with Gasteiger partial charge in [0.2, 0.25) is 0 Å². The first-order valence-corrected chi connectivity index (χ1v) is 5.45. The van der Waals surface area contributed by atoms with Gasteiger partial charge in [-0.05, 0) is 18.2 Å². The molecule has 0 saturated carbocycles. The van der Waals surface area contributed by atoms with Crippen molar-refractivity contribution >= 4 is 12.2 Å². The van der Waals surface area contributed by atoms with Crippen LogP contribution < -0.4 is 0 Å². The summed E-state index contributed by atoms with van der Waals surface area (Å²) >= 11 is 0. The number of amides is 1. The Morgan fingerprint density at radius 3 is 1.76 bits per heavy atom. The largest absolute Gasteiger partial charge is 0.416 e. The average Bonchev–Trinajstić information content (AvgIpc) is 2.33. The zero-order valence-electron chi connectivity index (χ0n) is 10.9. The van der Waals surface area contributed by atoms with E-state index in [-0.39, 0.29) is 6.07 Å². The molecule has 0 heterocycles. The van der Waals surface area contributed by atoms with E-state index in [1.165, 1.54) is 19.0 Å². The molecule has 0 fully saturated rings. The van der Waals surface area contributed by atoms with Gasteiger partial charge in [-0.25, -0.2) is 0 Å². The van der Waals surface area contributed by atoms with Crippen molar-refractivity contribution < 1.29 is 31.1 Å². The van der Waals surface area contributed by atoms with Crippen LogP contribution >= 0.6 is 0 Å². The Kier molecular flexibility index (Phi) is 4.65. The van der Waals surface area contributed by atoms with Gasteiger partial charge in [0.05, 0.1) is 17.5 Å². The zero-order chi connectivity index (χ0) is 16.4. The van der Waals surface area contributed by atoms with Crippen molar-refractivity contribution in [3.05, 3.63) is 34.9 Å². The first kappa shape index (κ1) is 17.0. The third kappa shape index (κ3) is 4.76. The number of halogens is 6. The maximum Gasteiger partial charge on any atom is 0.416 e. The molecule has 0 aromatic heterocycles. The number of aliphatic imine (C=N–C) groups is 1. The Bertz CT molecular complexity index is 528. The van der Waals surface area contributed by atoms with Crippen LogP contribution in [0.25, 0.3) is 0 Å². The summed E-state index contributed by atoms with van der Waals surface area (Å²) in [5, 5.41) is 0. The molecule has 0 atom stereocenters. The van der Waals surface area contributed by atoms with E-state index < -0.39 is 35.0 Å². The van der Waals surface area contributed by atoms with E-state index in [1.54, 1.807) is 0 Å². The Hall–Kier alpha value is -2.06. The van der Waals surface area contributed by atoms with E-state index >= 15 is 0 Å². The molecule has 0 N–H and O–H groups in total. The van der Waals surface area contributed by atoms with Gasteiger partial charge < -0.3 is 4.90 Å². The second-order valence-corrected chi connectivity index (χ2v) is 4.31. The Labute approximate surface area is 115 Å². The summed E-state index contributed by atoms with van der Waals surface area (Å²) in [4.78, 5) is 16.1. The first-order valence-electron chi connectivity index (χ1n) is 5.45. The predicted molar refractivity (Wildman–Crippen MR) is 63.0 cm³/mol. The average molecular weight is 312 g/mol. The van der Waals surface area contributed by atoms with Gasteiger partial charge in [0, 0.05) is 19.7 Å². The summed E-state index contributed by atoms with van der Waals surface area (Å²) in [6, 6.07) is 0.627. The van der Waals surface area contributed by atoms with Gasteiger partial charge in [-0.1, -0.05) is 0 Å². The number of hydrogen-bond donors (Lipinski definition) is 0. The van der Waals surface area contributed by atoms with Crippen molar-refractivity contribution in [1.29, 1.82) is 0 Å². The lowest BCUT2D eigenvalue weighted by molar-refractivity contribution is -0.143. The number of hydrogen-bond acceptors (Lipinski definition) is 1. The van der Waals surface area contributed by atoms with Crippen molar-refractivity contribution in [3.8, 4) is 0 Å². The first-order chi connectivity index (χ1) is 9.41. The lowest BCUT2D eigenvalue weighted by Gasteiger charge is -2.13. The van der Waals surface area contributed by atoms with Gasteiger partial charge in [-0.3, -0.25) is 4.79 Å². The van der Waals surface area contributed by atoms with Crippen molar-refractivity contribution in [2.45, 2.75) is 12.4 Å². The molecular weight excluding hydrogens is 302 g/mol. The lowest BCUT2D eigenvalue weighted by Crippen LogP contribution is -2.14. The van der Waals surface area contributed by atoms with E-state index in [2.05, 4.69) is 4.99 Å². The highest BCUT2D eigenvalue weighted by Gasteiger charge is 2.37. The van der Waals surface area contributed by atoms with Crippen molar-refractivity contribution in [1.82, 2.24) is 4.90 Å². The number of alkyl halides is 6. The monoisotopic (exact) mass is 312 g/mol. The van der Waals surface area contributed by atoms with Crippen LogP contribution in [0.1, 0.15) is 21.5 Å². The highest BCUT2D eigenvalue weighted by molar-refractivity contribution is 5.99. The minimum absolute atomic E-state index is 0.0492. The lowest BCUT2D eigenvalue weighted by atomic mass is 10.0. The third-order valence-electron chi connectivity index (χ3n) is 2.24. The molecule has 0 bridgehead atoms. The van der Waals surface area contributed by atoms with Gasteiger partial charge >= 0.3 is 12.4 Å². The standard InChI is InChI=1S/C12H10F6N2O/c1-20(2)6-19-10(21)7-3-8(11(13,14)15)5-9(4-7)12(16,17)18/h3-6H,1-2H3/b19-6-. The van der Waals surface area contributed by atoms with Crippen LogP contribution in [0.3, 0.4) is 0 Å². The predicted octanol–water partition coefficient (Wildman–Crippen LogP) is 3.45. The molecule has 0 unspecified atom stereocenters. The van der Waals surface area contributed by atoms with Crippen LogP contribution in [0.5, 0.6) is 0 Å². The Morgan fingerprint density at radius 1 is 1.00 bits per heavy atom. The van der Waals surface area contributed by atoms with E-state index in [9.17, 15) is 31.1 Å². The third-order valence-corrected chi connectivity index (χ3v) is 2.24. The second-order valence-electron chi connectivity index (χ2n) is 4.31. The van der Waals surface area contributed by atoms with Gasteiger partial charge in [-0.2, -0.15) is 31.3 Å². The highest BCUT2D eigenvalue weighted by atomic mass is 19.4. The summed E-state index contributed by atoms with van der Waals surface area (Å²) in [7, 11) is 2.98. The van der Waals surface area contributed by atoms with Crippen LogP contribution in [-0.2, 0) is 12.4 Å². The van der Waals surface area contributed by atoms with Crippen LogP contribution in [0.2, 0.25) is 0 Å². The number of carbonyl (C=O) groups is 1. The minimum Gasteiger partial charge on any atom is -0.369 e. The fraction of sp³-hybridized carbons (Fsp3) is 0.333. The number of rotatable bonds is 2. The second kappa shape index (κ2) is 5.74. The molecule has 0 spiro atoms. The number of benzene rings is 1. The summed E-state index contributed by atoms with van der Waals surface area (Å²) in [5.41, 5.74) is -3.89. The van der Waals surface area contributed by atoms with Crippen LogP contribution in [0.15, 0.2) is 23.2 Å². The molecule has 3 nitrogen and oxygen atoms in total. The van der Waals surface area contributed by atoms with Crippen molar-refractivity contribution in [3.63, 3.8) is 0 Å². The summed E-state index contributed by atoms with van der Waals surface area (Å²) < 4.78 is 75.5. The topological polar surface area (TPSA) is 32.7 Å². The van der Waals surface area contributed by atoms with Crippen molar-refractivity contribution in [2.75, 3.05) is 14.1 Å². The molecular formula is C12H10F6N2O. The summed E-state index contributed by atoms with van der Waals surface area (Å²) in [5.74, 6) is -1.19. The Morgan fingerprint density at radius 2 is 1.43 bits per heavy atom. The summed E-state index contributed by atoms with van der Waals surface area (Å²) in [6.45, 7) is 0. The van der Waals surface area contributed by atoms with Crippen LogP contribution in [0.4, 0.5) is 26.3 Å². The van der Waals surface area contributed by atoms with Gasteiger partial charge in [0.25, 0.3) is 5.91 Å². The van der Waals surface area contributed by atoms with Crippen LogP contribution in [-0.4, -0.2) is 31.2 Å². The molecule has 1 amide bonds. The molecule has 1 rings (SSSR count). The molecule has 0 radical (unpaired) electrons. The smallest absolute Gasteiger partial charge is 0.369 e. The highest BCUT2D eigenvalue weighted by Crippen LogP contribution is 2.36. The quantitative estimate of drug-likeness (QED) is 0.476. The molecule has 1 aromatic carbocycles. The molecule has 0 aliphatic carbocycles. The molecule has 116 valence electrons. The SMILES string of the molecule is CN(C)/C=N\C(=O)c1cc(C(F)(F)F)cc(C(F)(F)F)c1. The normalized spacial score (nSPS) is 12.8. The van der Waals surface area contributed by atoms with Crippen molar-refractivity contribution in [2.24, 2.45) is 4.99 Å². The van der Waals surface area contributed by atoms with Gasteiger partial charge in [0.15, 0.2) is 0 Å². The maximum absolute atomic E-state index is 12.6. The molecule has 0 aliphatic heterocycles. The van der Waals surface area contributed by atoms with E-state index in [4.69, 9.17) is 0 Å². The zero-order valence-corrected chi connectivity index (χ0v) is 10.9. The molecule has 21 heavy (non-hydrogen) atoms. The van der Waals surface area contributed by atoms with E-state index in [0.29, 0.717) is 12.1 Å². The minimum atomic E-state index is -5.00. The van der Waals surface area contributed by atoms with E-state index in [1.807, 2.05) is 0 Å². The van der Waals surface area contributed by atoms with E-state index in [0.717, 1.165) is 6.34 Å². The Balaban J connectivity index is 3.36. The van der Waals surface area contributed by atoms with Gasteiger partial charge in [-0.15, -0.1) is 0 Å². The molecule has 1 aromatic rings. The van der Waals surface area contributed by atoms with Crippen LogP contribution in [0, 0.1) is 0 Å².